The molecule has 0 unspecified atom stereocenters. The SMILES string of the molecule is CCNC(=NCC(C)(C)N(C)C)NCCc1ccc(F)cc1. The lowest BCUT2D eigenvalue weighted by molar-refractivity contribution is 0.204. The molecule has 0 aliphatic heterocycles. The molecule has 0 saturated carbocycles. The summed E-state index contributed by atoms with van der Waals surface area (Å²) in [6, 6.07) is 6.62. The van der Waals surface area contributed by atoms with E-state index in [1.807, 2.05) is 19.1 Å². The summed E-state index contributed by atoms with van der Waals surface area (Å²) in [7, 11) is 4.12. The quantitative estimate of drug-likeness (QED) is 0.599. The molecule has 0 radical (unpaired) electrons. The van der Waals surface area contributed by atoms with Gasteiger partial charge >= 0.3 is 0 Å². The summed E-state index contributed by atoms with van der Waals surface area (Å²) in [4.78, 5) is 6.81. The zero-order chi connectivity index (χ0) is 16.6. The molecule has 0 aliphatic rings. The predicted molar refractivity (Wildman–Crippen MR) is 91.9 cm³/mol. The van der Waals surface area contributed by atoms with Crippen LogP contribution < -0.4 is 10.6 Å². The van der Waals surface area contributed by atoms with E-state index < -0.39 is 0 Å². The summed E-state index contributed by atoms with van der Waals surface area (Å²) in [5.41, 5.74) is 1.12. The smallest absolute Gasteiger partial charge is 0.191 e. The summed E-state index contributed by atoms with van der Waals surface area (Å²) in [5.74, 6) is 0.622. The highest BCUT2D eigenvalue weighted by atomic mass is 19.1. The Hall–Kier alpha value is -1.62. The third kappa shape index (κ3) is 6.43. The van der Waals surface area contributed by atoms with E-state index in [4.69, 9.17) is 0 Å². The topological polar surface area (TPSA) is 39.7 Å². The van der Waals surface area contributed by atoms with E-state index >= 15 is 0 Å². The van der Waals surface area contributed by atoms with Gasteiger partial charge in [0.25, 0.3) is 0 Å². The van der Waals surface area contributed by atoms with E-state index in [9.17, 15) is 4.39 Å². The molecule has 124 valence electrons. The monoisotopic (exact) mass is 308 g/mol. The first-order chi connectivity index (χ1) is 10.3. The second-order valence-electron chi connectivity index (χ2n) is 6.21. The molecule has 0 saturated heterocycles. The van der Waals surface area contributed by atoms with Gasteiger partial charge in [0, 0.05) is 18.6 Å². The van der Waals surface area contributed by atoms with E-state index in [1.54, 1.807) is 0 Å². The summed E-state index contributed by atoms with van der Waals surface area (Å²) in [6.45, 7) is 8.68. The van der Waals surface area contributed by atoms with E-state index in [0.29, 0.717) is 6.54 Å². The lowest BCUT2D eigenvalue weighted by Gasteiger charge is -2.31. The lowest BCUT2D eigenvalue weighted by atomic mass is 10.1. The second kappa shape index (κ2) is 8.73. The minimum Gasteiger partial charge on any atom is -0.357 e. The van der Waals surface area contributed by atoms with Crippen LogP contribution in [-0.4, -0.2) is 50.1 Å². The fourth-order valence-corrected chi connectivity index (χ4v) is 1.73. The molecular formula is C17H29FN4. The van der Waals surface area contributed by atoms with Crippen molar-refractivity contribution in [2.45, 2.75) is 32.7 Å². The van der Waals surface area contributed by atoms with Crippen LogP contribution in [0.2, 0.25) is 0 Å². The van der Waals surface area contributed by atoms with Gasteiger partial charge in [-0.2, -0.15) is 0 Å². The van der Waals surface area contributed by atoms with Crippen LogP contribution in [0.1, 0.15) is 26.3 Å². The number of likely N-dealkylation sites (N-methyl/N-ethyl adjacent to an activating group) is 1. The number of hydrogen-bond donors (Lipinski definition) is 2. The van der Waals surface area contributed by atoms with Gasteiger partial charge in [0.05, 0.1) is 6.54 Å². The zero-order valence-electron chi connectivity index (χ0n) is 14.4. The van der Waals surface area contributed by atoms with Gasteiger partial charge in [-0.3, -0.25) is 4.99 Å². The second-order valence-corrected chi connectivity index (χ2v) is 6.21. The van der Waals surface area contributed by atoms with Crippen molar-refractivity contribution in [2.75, 3.05) is 33.7 Å². The van der Waals surface area contributed by atoms with E-state index in [1.165, 1.54) is 12.1 Å². The van der Waals surface area contributed by atoms with Crippen LogP contribution >= 0.6 is 0 Å². The Morgan fingerprint density at radius 2 is 1.82 bits per heavy atom. The first-order valence-electron chi connectivity index (χ1n) is 7.79. The average Bonchev–Trinajstić information content (AvgIpc) is 2.46. The number of rotatable bonds is 7. The van der Waals surface area contributed by atoms with Gasteiger partial charge in [-0.25, -0.2) is 4.39 Å². The molecule has 22 heavy (non-hydrogen) atoms. The van der Waals surface area contributed by atoms with Crippen molar-refractivity contribution in [2.24, 2.45) is 4.99 Å². The largest absolute Gasteiger partial charge is 0.357 e. The third-order valence-corrected chi connectivity index (χ3v) is 3.80. The summed E-state index contributed by atoms with van der Waals surface area (Å²) in [6.07, 6.45) is 0.835. The number of hydrogen-bond acceptors (Lipinski definition) is 2. The number of benzene rings is 1. The molecule has 1 rings (SSSR count). The normalized spacial score (nSPS) is 12.6. The zero-order valence-corrected chi connectivity index (χ0v) is 14.4. The van der Waals surface area contributed by atoms with Crippen LogP contribution in [0, 0.1) is 5.82 Å². The molecule has 0 spiro atoms. The van der Waals surface area contributed by atoms with Gasteiger partial charge in [0.1, 0.15) is 5.82 Å². The highest BCUT2D eigenvalue weighted by molar-refractivity contribution is 5.79. The Balaban J connectivity index is 2.51. The van der Waals surface area contributed by atoms with Gasteiger partial charge < -0.3 is 15.5 Å². The maximum absolute atomic E-state index is 12.9. The molecule has 0 heterocycles. The Morgan fingerprint density at radius 1 is 1.18 bits per heavy atom. The van der Waals surface area contributed by atoms with Crippen molar-refractivity contribution < 1.29 is 4.39 Å². The maximum Gasteiger partial charge on any atom is 0.191 e. The number of nitrogens with zero attached hydrogens (tertiary/aromatic N) is 2. The van der Waals surface area contributed by atoms with E-state index in [2.05, 4.69) is 48.5 Å². The van der Waals surface area contributed by atoms with Crippen LogP contribution in [0.4, 0.5) is 4.39 Å². The third-order valence-electron chi connectivity index (χ3n) is 3.80. The highest BCUT2D eigenvalue weighted by Crippen LogP contribution is 2.09. The number of nitrogens with one attached hydrogen (secondary N) is 2. The molecule has 0 atom stereocenters. The highest BCUT2D eigenvalue weighted by Gasteiger charge is 2.19. The summed E-state index contributed by atoms with van der Waals surface area (Å²) in [5, 5.41) is 6.57. The molecule has 0 aliphatic carbocycles. The van der Waals surface area contributed by atoms with Crippen LogP contribution in [0.3, 0.4) is 0 Å². The van der Waals surface area contributed by atoms with E-state index in [0.717, 1.165) is 31.0 Å². The first kappa shape index (κ1) is 18.4. The lowest BCUT2D eigenvalue weighted by Crippen LogP contribution is -2.44. The first-order valence-corrected chi connectivity index (χ1v) is 7.79. The van der Waals surface area contributed by atoms with Crippen LogP contribution in [0.15, 0.2) is 29.3 Å². The molecule has 4 nitrogen and oxygen atoms in total. The molecule has 5 heteroatoms. The van der Waals surface area contributed by atoms with Gasteiger partial charge in [0.15, 0.2) is 5.96 Å². The summed E-state index contributed by atoms with van der Waals surface area (Å²) >= 11 is 0. The maximum atomic E-state index is 12.9. The van der Waals surface area contributed by atoms with Crippen LogP contribution in [0.25, 0.3) is 0 Å². The molecule has 1 aromatic carbocycles. The summed E-state index contributed by atoms with van der Waals surface area (Å²) < 4.78 is 12.9. The molecule has 1 aromatic rings. The molecule has 0 bridgehead atoms. The number of halogens is 1. The average molecular weight is 308 g/mol. The van der Waals surface area contributed by atoms with Crippen molar-refractivity contribution in [3.63, 3.8) is 0 Å². The van der Waals surface area contributed by atoms with Crippen molar-refractivity contribution in [3.05, 3.63) is 35.6 Å². The Morgan fingerprint density at radius 3 is 2.36 bits per heavy atom. The molecule has 0 amide bonds. The van der Waals surface area contributed by atoms with Gasteiger partial charge in [-0.1, -0.05) is 12.1 Å². The molecule has 0 aromatic heterocycles. The fourth-order valence-electron chi connectivity index (χ4n) is 1.73. The Bertz CT molecular complexity index is 466. The van der Waals surface area contributed by atoms with Gasteiger partial charge in [-0.05, 0) is 59.0 Å². The minimum absolute atomic E-state index is 0.0132. The van der Waals surface area contributed by atoms with Crippen LogP contribution in [-0.2, 0) is 6.42 Å². The predicted octanol–water partition coefficient (Wildman–Crippen LogP) is 2.26. The number of aliphatic imine (C=N–C) groups is 1. The van der Waals surface area contributed by atoms with Crippen molar-refractivity contribution in [1.29, 1.82) is 0 Å². The van der Waals surface area contributed by atoms with E-state index in [-0.39, 0.29) is 11.4 Å². The number of guanidine groups is 1. The Kier molecular flexibility index (Phi) is 7.32. The minimum atomic E-state index is -0.197. The van der Waals surface area contributed by atoms with Crippen molar-refractivity contribution in [1.82, 2.24) is 15.5 Å². The van der Waals surface area contributed by atoms with Crippen molar-refractivity contribution in [3.8, 4) is 0 Å². The van der Waals surface area contributed by atoms with Gasteiger partial charge in [-0.15, -0.1) is 0 Å². The molecule has 0 fully saturated rings. The molecule has 2 N–H and O–H groups in total. The van der Waals surface area contributed by atoms with Crippen LogP contribution in [0.5, 0.6) is 0 Å². The molecular weight excluding hydrogens is 279 g/mol. The van der Waals surface area contributed by atoms with Crippen molar-refractivity contribution >= 4 is 5.96 Å². The Labute approximate surface area is 133 Å². The fraction of sp³-hybridized carbons (Fsp3) is 0.588. The van der Waals surface area contributed by atoms with Gasteiger partial charge in [0.2, 0.25) is 0 Å². The standard InChI is InChI=1S/C17H29FN4/c1-6-19-16(21-13-17(2,3)22(4)5)20-12-11-14-7-9-15(18)10-8-14/h7-10H,6,11-13H2,1-5H3,(H2,19,20,21).